The Morgan fingerprint density at radius 1 is 1.18 bits per heavy atom. The minimum atomic E-state index is -0.488. The summed E-state index contributed by atoms with van der Waals surface area (Å²) in [6, 6.07) is 9.96. The van der Waals surface area contributed by atoms with Gasteiger partial charge in [0.05, 0.1) is 24.9 Å². The van der Waals surface area contributed by atoms with Gasteiger partial charge in [-0.15, -0.1) is 0 Å². The molecule has 0 bridgehead atoms. The van der Waals surface area contributed by atoms with Crippen LogP contribution in [-0.4, -0.2) is 53.0 Å². The summed E-state index contributed by atoms with van der Waals surface area (Å²) in [6.45, 7) is 2.65. The van der Waals surface area contributed by atoms with Gasteiger partial charge in [-0.1, -0.05) is 30.3 Å². The summed E-state index contributed by atoms with van der Waals surface area (Å²) < 4.78 is 5.37. The van der Waals surface area contributed by atoms with Crippen LogP contribution >= 0.6 is 0 Å². The van der Waals surface area contributed by atoms with Crippen LogP contribution in [0.5, 0.6) is 0 Å². The normalized spacial score (nSPS) is 20.4. The van der Waals surface area contributed by atoms with Crippen LogP contribution in [-0.2, 0) is 16.1 Å². The minimum absolute atomic E-state index is 0.0541. The number of carbonyl (C=O) groups excluding carboxylic acids is 2. The minimum Gasteiger partial charge on any atom is -0.495 e. The highest BCUT2D eigenvalue weighted by Gasteiger charge is 2.28. The maximum absolute atomic E-state index is 12.9. The van der Waals surface area contributed by atoms with E-state index in [0.717, 1.165) is 26.1 Å². The van der Waals surface area contributed by atoms with Crippen LogP contribution in [0.2, 0.25) is 0 Å². The Bertz CT molecular complexity index is 1030. The summed E-state index contributed by atoms with van der Waals surface area (Å²) in [4.78, 5) is 35.6. The van der Waals surface area contributed by atoms with Crippen LogP contribution in [0.3, 0.4) is 0 Å². The summed E-state index contributed by atoms with van der Waals surface area (Å²) in [5, 5.41) is 8.52. The molecule has 3 amide bonds. The molecule has 1 aliphatic carbocycles. The summed E-state index contributed by atoms with van der Waals surface area (Å²) >= 11 is 0. The van der Waals surface area contributed by atoms with E-state index in [-0.39, 0.29) is 17.9 Å². The third-order valence-electron chi connectivity index (χ3n) is 5.67. The molecule has 4 rings (SSSR count). The van der Waals surface area contributed by atoms with E-state index >= 15 is 0 Å². The number of rotatable bonds is 7. The Hall–Kier alpha value is -3.72. The number of anilines is 1. The number of ether oxygens (including phenoxy) is 1. The molecule has 172 valence electrons. The second-order valence-corrected chi connectivity index (χ2v) is 8.08. The lowest BCUT2D eigenvalue weighted by Gasteiger charge is -2.23. The van der Waals surface area contributed by atoms with Gasteiger partial charge in [-0.25, -0.2) is 9.78 Å². The number of amides is 3. The zero-order valence-corrected chi connectivity index (χ0v) is 18.5. The lowest BCUT2D eigenvalue weighted by Crippen LogP contribution is -2.41. The molecule has 0 spiro atoms. The summed E-state index contributed by atoms with van der Waals surface area (Å²) in [7, 11) is 1.53. The fourth-order valence-electron chi connectivity index (χ4n) is 4.05. The van der Waals surface area contributed by atoms with E-state index in [4.69, 9.17) is 4.74 Å². The Kier molecular flexibility index (Phi) is 7.31. The molecule has 33 heavy (non-hydrogen) atoms. The standard InChI is InChI=1S/C24H28N6O3/c1-33-21-8-7-18(13-20(21)28-24(32)29-22-14-25-10-11-26-22)23(31)27-19-9-12-30(16-19)15-17-5-3-2-4-6-17/h2-6,8,10-11,13-14,18-19H,7,9,12,15-16H2,1H3,(H,27,31)(H2,26,28,29,32). The SMILES string of the molecule is COC1=CCC(C(=O)NC2CCN(Cc3ccccc3)C2)C=C1NC(=O)Nc1cnccn1. The van der Waals surface area contributed by atoms with Crippen molar-refractivity contribution in [3.05, 3.63) is 78.1 Å². The first-order valence-electron chi connectivity index (χ1n) is 11.0. The van der Waals surface area contributed by atoms with Gasteiger partial charge in [-0.05, 0) is 30.6 Å². The van der Waals surface area contributed by atoms with Gasteiger partial charge < -0.3 is 15.4 Å². The van der Waals surface area contributed by atoms with Crippen LogP contribution < -0.4 is 16.0 Å². The van der Waals surface area contributed by atoms with Crippen molar-refractivity contribution in [1.29, 1.82) is 0 Å². The Morgan fingerprint density at radius 3 is 2.79 bits per heavy atom. The number of aromatic nitrogens is 2. The molecule has 1 saturated heterocycles. The van der Waals surface area contributed by atoms with Crippen molar-refractivity contribution in [3.8, 4) is 0 Å². The number of benzene rings is 1. The van der Waals surface area contributed by atoms with E-state index in [2.05, 4.69) is 43.0 Å². The van der Waals surface area contributed by atoms with Gasteiger partial charge in [0.2, 0.25) is 5.91 Å². The molecule has 2 atom stereocenters. The molecule has 9 heteroatoms. The zero-order valence-electron chi connectivity index (χ0n) is 18.5. The molecular formula is C24H28N6O3. The highest BCUT2D eigenvalue weighted by atomic mass is 16.5. The fraction of sp³-hybridized carbons (Fsp3) is 0.333. The number of hydrogen-bond acceptors (Lipinski definition) is 6. The van der Waals surface area contributed by atoms with Crippen molar-refractivity contribution in [3.63, 3.8) is 0 Å². The van der Waals surface area contributed by atoms with E-state index in [1.54, 1.807) is 6.08 Å². The highest BCUT2D eigenvalue weighted by Crippen LogP contribution is 2.23. The molecule has 2 aromatic rings. The first-order chi connectivity index (χ1) is 16.1. The molecule has 2 heterocycles. The first-order valence-corrected chi connectivity index (χ1v) is 11.0. The molecule has 9 nitrogen and oxygen atoms in total. The highest BCUT2D eigenvalue weighted by molar-refractivity contribution is 5.90. The number of nitrogens with zero attached hydrogens (tertiary/aromatic N) is 3. The van der Waals surface area contributed by atoms with Crippen molar-refractivity contribution in [2.45, 2.75) is 25.4 Å². The number of hydrogen-bond donors (Lipinski definition) is 3. The van der Waals surface area contributed by atoms with Crippen LogP contribution in [0, 0.1) is 5.92 Å². The molecular weight excluding hydrogens is 420 g/mol. The van der Waals surface area contributed by atoms with E-state index < -0.39 is 6.03 Å². The molecule has 1 aliphatic heterocycles. The van der Waals surface area contributed by atoms with Gasteiger partial charge in [-0.3, -0.25) is 20.0 Å². The fourth-order valence-corrected chi connectivity index (χ4v) is 4.05. The average molecular weight is 449 g/mol. The third-order valence-corrected chi connectivity index (χ3v) is 5.67. The van der Waals surface area contributed by atoms with E-state index in [0.29, 0.717) is 23.7 Å². The third kappa shape index (κ3) is 6.17. The van der Waals surface area contributed by atoms with E-state index in [1.807, 2.05) is 24.3 Å². The van der Waals surface area contributed by atoms with Gasteiger partial charge >= 0.3 is 6.03 Å². The smallest absolute Gasteiger partial charge is 0.324 e. The molecule has 2 aliphatic rings. The second kappa shape index (κ2) is 10.7. The maximum atomic E-state index is 12.9. The van der Waals surface area contributed by atoms with Crippen LogP contribution in [0.15, 0.2) is 72.5 Å². The zero-order chi connectivity index (χ0) is 23.0. The monoisotopic (exact) mass is 448 g/mol. The quantitative estimate of drug-likeness (QED) is 0.600. The number of urea groups is 1. The largest absolute Gasteiger partial charge is 0.495 e. The predicted molar refractivity (Wildman–Crippen MR) is 124 cm³/mol. The van der Waals surface area contributed by atoms with Crippen molar-refractivity contribution < 1.29 is 14.3 Å². The summed E-state index contributed by atoms with van der Waals surface area (Å²) in [5.74, 6) is 0.397. The number of nitrogens with one attached hydrogen (secondary N) is 3. The second-order valence-electron chi connectivity index (χ2n) is 8.08. The number of carbonyl (C=O) groups is 2. The van der Waals surface area contributed by atoms with E-state index in [1.165, 1.54) is 31.3 Å². The van der Waals surface area contributed by atoms with Gasteiger partial charge in [0, 0.05) is 38.1 Å². The maximum Gasteiger partial charge on any atom is 0.324 e. The number of methoxy groups -OCH3 is 1. The number of likely N-dealkylation sites (tertiary alicyclic amines) is 1. The molecule has 0 saturated carbocycles. The van der Waals surface area contributed by atoms with Gasteiger partial charge in [0.1, 0.15) is 5.76 Å². The number of allylic oxidation sites excluding steroid dienone is 1. The van der Waals surface area contributed by atoms with Crippen molar-refractivity contribution in [2.24, 2.45) is 5.92 Å². The van der Waals surface area contributed by atoms with Crippen molar-refractivity contribution >= 4 is 17.8 Å². The van der Waals surface area contributed by atoms with Crippen LogP contribution in [0.1, 0.15) is 18.4 Å². The lowest BCUT2D eigenvalue weighted by atomic mass is 9.96. The topological polar surface area (TPSA) is 108 Å². The molecule has 1 fully saturated rings. The Balaban J connectivity index is 1.32. The van der Waals surface area contributed by atoms with E-state index in [9.17, 15) is 9.59 Å². The van der Waals surface area contributed by atoms with Crippen molar-refractivity contribution in [1.82, 2.24) is 25.5 Å². The first kappa shape index (κ1) is 22.5. The molecule has 1 aromatic carbocycles. The summed E-state index contributed by atoms with van der Waals surface area (Å²) in [5.41, 5.74) is 1.72. The Morgan fingerprint density at radius 2 is 2.03 bits per heavy atom. The van der Waals surface area contributed by atoms with Gasteiger partial charge in [-0.2, -0.15) is 0 Å². The Labute approximate surface area is 192 Å². The molecule has 0 radical (unpaired) electrons. The lowest BCUT2D eigenvalue weighted by molar-refractivity contribution is -0.124. The summed E-state index contributed by atoms with van der Waals surface area (Å²) in [6.07, 6.45) is 9.43. The molecule has 2 unspecified atom stereocenters. The van der Waals surface area contributed by atoms with Gasteiger partial charge in [0.25, 0.3) is 0 Å². The van der Waals surface area contributed by atoms with Gasteiger partial charge in [0.15, 0.2) is 5.82 Å². The predicted octanol–water partition coefficient (Wildman–Crippen LogP) is 2.42. The van der Waals surface area contributed by atoms with Crippen LogP contribution in [0.4, 0.5) is 10.6 Å². The van der Waals surface area contributed by atoms with Crippen LogP contribution in [0.25, 0.3) is 0 Å². The average Bonchev–Trinajstić information content (AvgIpc) is 3.26. The molecule has 1 aromatic heterocycles. The molecule has 3 N–H and O–H groups in total. The van der Waals surface area contributed by atoms with Crippen molar-refractivity contribution in [2.75, 3.05) is 25.5 Å².